The number of aryl methyl sites for hydroxylation is 1. The van der Waals surface area contributed by atoms with Gasteiger partial charge in [-0.15, -0.1) is 0 Å². The second-order valence-corrected chi connectivity index (χ2v) is 7.51. The van der Waals surface area contributed by atoms with E-state index in [4.69, 9.17) is 0 Å². The van der Waals surface area contributed by atoms with Gasteiger partial charge in [0.25, 0.3) is 5.91 Å². The molecule has 0 saturated carbocycles. The molecule has 1 saturated heterocycles. The van der Waals surface area contributed by atoms with Crippen molar-refractivity contribution in [2.24, 2.45) is 13.0 Å². The van der Waals surface area contributed by atoms with Crippen LogP contribution in [0.3, 0.4) is 0 Å². The maximum Gasteiger partial charge on any atom is 0.255 e. The third-order valence-corrected chi connectivity index (χ3v) is 5.39. The molecular formula is C22H27N3O3. The van der Waals surface area contributed by atoms with Crippen molar-refractivity contribution < 1.29 is 9.59 Å². The summed E-state index contributed by atoms with van der Waals surface area (Å²) in [4.78, 5) is 38.3. The van der Waals surface area contributed by atoms with Crippen LogP contribution >= 0.6 is 0 Å². The van der Waals surface area contributed by atoms with Crippen LogP contribution in [0, 0.1) is 5.92 Å². The molecule has 1 aliphatic rings. The van der Waals surface area contributed by atoms with Crippen molar-refractivity contribution >= 4 is 11.8 Å². The van der Waals surface area contributed by atoms with Crippen LogP contribution < -0.4 is 10.9 Å². The summed E-state index contributed by atoms with van der Waals surface area (Å²) >= 11 is 0. The molecule has 2 aromatic rings. The van der Waals surface area contributed by atoms with E-state index in [1.165, 1.54) is 10.6 Å². The molecular weight excluding hydrogens is 354 g/mol. The molecule has 0 bridgehead atoms. The summed E-state index contributed by atoms with van der Waals surface area (Å²) in [6.07, 6.45) is 3.68. The van der Waals surface area contributed by atoms with Crippen molar-refractivity contribution in [3.63, 3.8) is 0 Å². The Kier molecular flexibility index (Phi) is 6.29. The number of benzene rings is 1. The van der Waals surface area contributed by atoms with Gasteiger partial charge in [0.2, 0.25) is 11.5 Å². The van der Waals surface area contributed by atoms with Crippen LogP contribution in [-0.4, -0.2) is 34.4 Å². The Labute approximate surface area is 165 Å². The number of amides is 2. The van der Waals surface area contributed by atoms with Gasteiger partial charge in [-0.05, 0) is 37.3 Å². The molecule has 2 heterocycles. The molecule has 1 aliphatic heterocycles. The van der Waals surface area contributed by atoms with Crippen LogP contribution in [0.1, 0.15) is 48.1 Å². The highest BCUT2D eigenvalue weighted by Crippen LogP contribution is 2.22. The lowest BCUT2D eigenvalue weighted by Gasteiger charge is -2.32. The molecule has 0 radical (unpaired) electrons. The summed E-state index contributed by atoms with van der Waals surface area (Å²) in [5.41, 5.74) is 1.48. The molecule has 1 fully saturated rings. The molecule has 6 heteroatoms. The highest BCUT2D eigenvalue weighted by atomic mass is 16.2. The van der Waals surface area contributed by atoms with Gasteiger partial charge in [-0.25, -0.2) is 0 Å². The van der Waals surface area contributed by atoms with E-state index in [1.807, 2.05) is 37.3 Å². The fourth-order valence-electron chi connectivity index (χ4n) is 3.63. The Bertz CT molecular complexity index is 883. The maximum absolute atomic E-state index is 12.6. The number of hydrogen-bond donors (Lipinski definition) is 1. The number of aromatic nitrogens is 1. The minimum absolute atomic E-state index is 0.0138. The lowest BCUT2D eigenvalue weighted by atomic mass is 9.92. The summed E-state index contributed by atoms with van der Waals surface area (Å²) in [6.45, 7) is 3.25. The van der Waals surface area contributed by atoms with E-state index >= 15 is 0 Å². The van der Waals surface area contributed by atoms with E-state index in [1.54, 1.807) is 24.2 Å². The van der Waals surface area contributed by atoms with Crippen molar-refractivity contribution in [1.82, 2.24) is 14.8 Å². The minimum Gasteiger partial charge on any atom is -0.350 e. The van der Waals surface area contributed by atoms with Crippen LogP contribution in [0.2, 0.25) is 0 Å². The fraction of sp³-hybridized carbons (Fsp3) is 0.409. The van der Waals surface area contributed by atoms with E-state index in [0.29, 0.717) is 25.1 Å². The van der Waals surface area contributed by atoms with Gasteiger partial charge in [-0.2, -0.15) is 0 Å². The molecule has 0 unspecified atom stereocenters. The molecule has 1 N–H and O–H groups in total. The molecule has 1 aromatic heterocycles. The third kappa shape index (κ3) is 4.88. The smallest absolute Gasteiger partial charge is 0.255 e. The Morgan fingerprint density at radius 2 is 1.79 bits per heavy atom. The van der Waals surface area contributed by atoms with Crippen molar-refractivity contribution in [3.8, 4) is 0 Å². The lowest BCUT2D eigenvalue weighted by molar-refractivity contribution is -0.122. The zero-order chi connectivity index (χ0) is 20.1. The first-order chi connectivity index (χ1) is 13.4. The van der Waals surface area contributed by atoms with Crippen molar-refractivity contribution in [3.05, 3.63) is 70.1 Å². The zero-order valence-electron chi connectivity index (χ0n) is 16.4. The first-order valence-electron chi connectivity index (χ1n) is 9.74. The highest BCUT2D eigenvalue weighted by Gasteiger charge is 2.25. The number of rotatable bonds is 5. The Hall–Kier alpha value is -2.89. The minimum atomic E-state index is -0.133. The molecule has 0 aliphatic carbocycles. The van der Waals surface area contributed by atoms with E-state index in [2.05, 4.69) is 5.32 Å². The highest BCUT2D eigenvalue weighted by molar-refractivity contribution is 5.94. The van der Waals surface area contributed by atoms with Gasteiger partial charge in [0.1, 0.15) is 0 Å². The van der Waals surface area contributed by atoms with Crippen molar-refractivity contribution in [1.29, 1.82) is 0 Å². The molecule has 1 aromatic carbocycles. The first-order valence-corrected chi connectivity index (χ1v) is 9.74. The molecule has 6 nitrogen and oxygen atoms in total. The predicted molar refractivity (Wildman–Crippen MR) is 108 cm³/mol. The molecule has 148 valence electrons. The van der Waals surface area contributed by atoms with Gasteiger partial charge < -0.3 is 14.8 Å². The molecule has 0 spiro atoms. The molecule has 28 heavy (non-hydrogen) atoms. The summed E-state index contributed by atoms with van der Waals surface area (Å²) in [5.74, 6) is 0.280. The number of carbonyl (C=O) groups is 2. The number of likely N-dealkylation sites (tertiary alicyclic amines) is 1. The average Bonchev–Trinajstić information content (AvgIpc) is 2.70. The topological polar surface area (TPSA) is 71.4 Å². The Balaban J connectivity index is 1.48. The van der Waals surface area contributed by atoms with Gasteiger partial charge in [0, 0.05) is 38.8 Å². The summed E-state index contributed by atoms with van der Waals surface area (Å²) in [6, 6.07) is 12.9. The molecule has 1 atom stereocenters. The van der Waals surface area contributed by atoms with Gasteiger partial charge in [0.15, 0.2) is 0 Å². The summed E-state index contributed by atoms with van der Waals surface area (Å²) in [5, 5.41) is 3.06. The lowest BCUT2D eigenvalue weighted by Crippen LogP contribution is -2.40. The first kappa shape index (κ1) is 19.9. The van der Waals surface area contributed by atoms with Gasteiger partial charge in [-0.3, -0.25) is 14.4 Å². The number of pyridine rings is 1. The maximum atomic E-state index is 12.6. The Morgan fingerprint density at radius 3 is 2.43 bits per heavy atom. The quantitative estimate of drug-likeness (QED) is 0.865. The average molecular weight is 381 g/mol. The van der Waals surface area contributed by atoms with Gasteiger partial charge in [0.05, 0.1) is 11.6 Å². The number of nitrogens with zero attached hydrogens (tertiary/aromatic N) is 2. The van der Waals surface area contributed by atoms with Crippen LogP contribution in [0.4, 0.5) is 0 Å². The van der Waals surface area contributed by atoms with E-state index < -0.39 is 0 Å². The number of carbonyl (C=O) groups excluding carboxylic acids is 2. The monoisotopic (exact) mass is 381 g/mol. The zero-order valence-corrected chi connectivity index (χ0v) is 16.4. The van der Waals surface area contributed by atoms with E-state index in [-0.39, 0.29) is 29.3 Å². The Morgan fingerprint density at radius 1 is 1.11 bits per heavy atom. The predicted octanol–water partition coefficient (Wildman–Crippen LogP) is 2.51. The number of hydrogen-bond acceptors (Lipinski definition) is 3. The second-order valence-electron chi connectivity index (χ2n) is 7.51. The SMILES string of the molecule is C[C@@H](NC(=O)CC1CCN(C(=O)c2ccc(=O)n(C)c2)CC1)c1ccccc1. The normalized spacial score (nSPS) is 15.9. The van der Waals surface area contributed by atoms with Crippen molar-refractivity contribution in [2.75, 3.05) is 13.1 Å². The van der Waals surface area contributed by atoms with Crippen molar-refractivity contribution in [2.45, 2.75) is 32.2 Å². The summed E-state index contributed by atoms with van der Waals surface area (Å²) < 4.78 is 1.41. The van der Waals surface area contributed by atoms with E-state index in [0.717, 1.165) is 18.4 Å². The van der Waals surface area contributed by atoms with E-state index in [9.17, 15) is 14.4 Å². The standard InChI is InChI=1S/C22H27N3O3/c1-16(18-6-4-3-5-7-18)23-20(26)14-17-10-12-25(13-11-17)22(28)19-8-9-21(27)24(2)15-19/h3-9,15-17H,10-14H2,1-2H3,(H,23,26)/t16-/m1/s1. The van der Waals surface area contributed by atoms with Gasteiger partial charge in [-0.1, -0.05) is 30.3 Å². The van der Waals surface area contributed by atoms with Gasteiger partial charge >= 0.3 is 0 Å². The van der Waals surface area contributed by atoms with Crippen LogP contribution in [0.5, 0.6) is 0 Å². The fourth-order valence-corrected chi connectivity index (χ4v) is 3.63. The third-order valence-electron chi connectivity index (χ3n) is 5.39. The van der Waals surface area contributed by atoms with Crippen LogP contribution in [0.15, 0.2) is 53.5 Å². The van der Waals surface area contributed by atoms with Crippen LogP contribution in [-0.2, 0) is 11.8 Å². The molecule has 2 amide bonds. The second kappa shape index (κ2) is 8.87. The summed E-state index contributed by atoms with van der Waals surface area (Å²) in [7, 11) is 1.64. The number of piperidine rings is 1. The number of nitrogens with one attached hydrogen (secondary N) is 1. The van der Waals surface area contributed by atoms with Crippen LogP contribution in [0.25, 0.3) is 0 Å². The molecule has 3 rings (SSSR count). The largest absolute Gasteiger partial charge is 0.350 e.